The van der Waals surface area contributed by atoms with Gasteiger partial charge in [-0.05, 0) is 135 Å². The first-order chi connectivity index (χ1) is 35.8. The number of rotatable bonds is 7. The molecule has 0 aliphatic heterocycles. The number of benzene rings is 9. The van der Waals surface area contributed by atoms with Gasteiger partial charge in [-0.3, -0.25) is 9.55 Å². The quantitative estimate of drug-likeness (QED) is 0.128. The molecule has 1 saturated carbocycles. The maximum Gasteiger partial charge on any atom is 0.152 e. The van der Waals surface area contributed by atoms with Crippen molar-refractivity contribution in [3.63, 3.8) is 0 Å². The van der Waals surface area contributed by atoms with Crippen LogP contribution in [0.5, 0.6) is 5.75 Å². The first kappa shape index (κ1) is 46.2. The van der Waals surface area contributed by atoms with Crippen LogP contribution in [-0.2, 0) is 26.5 Å². The van der Waals surface area contributed by atoms with Crippen LogP contribution in [0.15, 0.2) is 193 Å². The molecule has 0 unspecified atom stereocenters. The molecule has 0 spiro atoms. The Labute approximate surface area is 448 Å². The SMILES string of the molecule is [2H]C1(c2ccc(-c3cc4ccc5c6ccc(O)c(-c7nc8c(-c9[c-]c(-c%10cc(-c%11ccccc%11)ccn%10)cc(C(C)(C)C)c9)cccc8n7-c7ccccc7)c6oc5c4c4ccccc34)cc2)CCC(C)(C)CC1.[Pt]. The molecule has 3 heterocycles. The first-order valence-corrected chi connectivity index (χ1v) is 25.6. The molecule has 1 aliphatic rings. The van der Waals surface area contributed by atoms with Crippen LogP contribution in [0.1, 0.15) is 78.7 Å². The minimum atomic E-state index is -0.553. The summed E-state index contributed by atoms with van der Waals surface area (Å²) in [5, 5.41) is 18.3. The third-order valence-corrected chi connectivity index (χ3v) is 15.5. The van der Waals surface area contributed by atoms with Crippen molar-refractivity contribution in [2.45, 2.75) is 71.6 Å². The van der Waals surface area contributed by atoms with Crippen LogP contribution in [0.4, 0.5) is 0 Å². The van der Waals surface area contributed by atoms with Crippen LogP contribution >= 0.6 is 0 Å². The molecule has 0 saturated heterocycles. The molecule has 13 rings (SSSR count). The molecule has 6 heteroatoms. The smallest absolute Gasteiger partial charge is 0.152 e. The Kier molecular flexibility index (Phi) is 11.5. The van der Waals surface area contributed by atoms with E-state index in [0.717, 1.165) is 136 Å². The topological polar surface area (TPSA) is 64.1 Å². The average Bonchev–Trinajstić information content (AvgIpc) is 4.02. The fraction of sp³-hybridized carbons (Fsp3) is 0.176. The number of furan rings is 1. The number of aromatic nitrogens is 3. The number of aromatic hydroxyl groups is 1. The van der Waals surface area contributed by atoms with Crippen LogP contribution in [0.3, 0.4) is 0 Å². The summed E-state index contributed by atoms with van der Waals surface area (Å²) >= 11 is 0. The number of phenols is 1. The Morgan fingerprint density at radius 2 is 1.34 bits per heavy atom. The van der Waals surface area contributed by atoms with E-state index in [2.05, 4.69) is 191 Å². The van der Waals surface area contributed by atoms with Crippen LogP contribution in [0.25, 0.3) is 116 Å². The third kappa shape index (κ3) is 8.23. The van der Waals surface area contributed by atoms with Crippen molar-refractivity contribution in [1.29, 1.82) is 0 Å². The molecule has 0 atom stereocenters. The molecule has 9 aromatic carbocycles. The van der Waals surface area contributed by atoms with Gasteiger partial charge in [0, 0.05) is 56.2 Å². The van der Waals surface area contributed by atoms with E-state index >= 15 is 0 Å². The Morgan fingerprint density at radius 1 is 0.649 bits per heavy atom. The van der Waals surface area contributed by atoms with Crippen molar-refractivity contribution in [3.8, 4) is 67.5 Å². The van der Waals surface area contributed by atoms with Gasteiger partial charge in [-0.1, -0.05) is 167 Å². The van der Waals surface area contributed by atoms with Crippen LogP contribution in [0.2, 0.25) is 0 Å². The fourth-order valence-electron chi connectivity index (χ4n) is 11.3. The van der Waals surface area contributed by atoms with Crippen molar-refractivity contribution in [2.24, 2.45) is 5.41 Å². The van der Waals surface area contributed by atoms with E-state index in [4.69, 9.17) is 14.4 Å². The zero-order chi connectivity index (χ0) is 50.5. The zero-order valence-corrected chi connectivity index (χ0v) is 44.5. The summed E-state index contributed by atoms with van der Waals surface area (Å²) in [5.41, 5.74) is 14.8. The molecular weight excluding hydrogens is 1090 g/mol. The predicted molar refractivity (Wildman–Crippen MR) is 303 cm³/mol. The molecule has 0 amide bonds. The number of nitrogens with zero attached hydrogens (tertiary/aromatic N) is 3. The van der Waals surface area contributed by atoms with Crippen LogP contribution < -0.4 is 0 Å². The number of fused-ring (bicyclic) bond motifs is 8. The second-order valence-corrected chi connectivity index (χ2v) is 21.8. The summed E-state index contributed by atoms with van der Waals surface area (Å²) in [6, 6.07) is 67.1. The van der Waals surface area contributed by atoms with Gasteiger partial charge < -0.3 is 9.52 Å². The Bertz CT molecular complexity index is 4160. The standard InChI is InChI=1S/C68H56N3O2.Pt/c1-67(2,3)50-38-48(37-49(39-50)58-41-46(33-36-69-58)42-15-8-6-9-16-42)52-21-14-22-59-63(52)70-66(71(59)51-17-10-7-11-18-51)62-60(72)30-29-56-55-28-27-47-40-57(53-19-12-13-20-54(53)61(47)64(55)73-65(56)62)45-25-23-43(24-26-45)44-31-34-68(4,5)35-32-44;/h6-30,33,36,38-41,44,72H,31-32,34-35H2,1-5H3;/q-1;/i44D;. The van der Waals surface area contributed by atoms with Crippen LogP contribution in [0, 0.1) is 11.5 Å². The van der Waals surface area contributed by atoms with Crippen molar-refractivity contribution in [2.75, 3.05) is 0 Å². The Morgan fingerprint density at radius 3 is 2.09 bits per heavy atom. The summed E-state index contributed by atoms with van der Waals surface area (Å²) in [6.07, 6.45) is 5.77. The molecule has 0 radical (unpaired) electrons. The number of phenolic OH excluding ortho intramolecular Hbond substituents is 1. The van der Waals surface area contributed by atoms with Crippen molar-refractivity contribution in [1.82, 2.24) is 14.5 Å². The fourth-order valence-corrected chi connectivity index (χ4v) is 11.3. The number of hydrogen-bond donors (Lipinski definition) is 1. The molecule has 1 N–H and O–H groups in total. The normalized spacial score (nSPS) is 14.7. The molecule has 3 aromatic heterocycles. The number of pyridine rings is 1. The molecule has 5 nitrogen and oxygen atoms in total. The van der Waals surface area contributed by atoms with E-state index in [0.29, 0.717) is 22.4 Å². The Balaban J connectivity index is 0.00000569. The molecular formula is C68H56N3O2Pt-. The number of hydrogen-bond acceptors (Lipinski definition) is 4. The third-order valence-electron chi connectivity index (χ3n) is 15.5. The van der Waals surface area contributed by atoms with E-state index in [9.17, 15) is 6.48 Å². The van der Waals surface area contributed by atoms with E-state index < -0.39 is 5.89 Å². The zero-order valence-electron chi connectivity index (χ0n) is 43.2. The van der Waals surface area contributed by atoms with Gasteiger partial charge in [0.25, 0.3) is 0 Å². The van der Waals surface area contributed by atoms with Crippen molar-refractivity contribution < 1.29 is 32.0 Å². The van der Waals surface area contributed by atoms with Gasteiger partial charge in [0.05, 0.1) is 11.0 Å². The van der Waals surface area contributed by atoms with E-state index in [1.54, 1.807) is 6.07 Å². The predicted octanol–water partition coefficient (Wildman–Crippen LogP) is 18.4. The molecule has 12 aromatic rings. The number of para-hydroxylation sites is 2. The van der Waals surface area contributed by atoms with Gasteiger partial charge in [-0.25, -0.2) is 4.98 Å². The molecule has 1 fully saturated rings. The van der Waals surface area contributed by atoms with Gasteiger partial charge >= 0.3 is 0 Å². The van der Waals surface area contributed by atoms with Gasteiger partial charge in [0.1, 0.15) is 22.5 Å². The van der Waals surface area contributed by atoms with Gasteiger partial charge in [-0.2, -0.15) is 0 Å². The summed E-state index contributed by atoms with van der Waals surface area (Å²) in [5.74, 6) is 0.0869. The average molecular weight is 1140 g/mol. The second-order valence-electron chi connectivity index (χ2n) is 21.8. The molecule has 0 bridgehead atoms. The second kappa shape index (κ2) is 18.4. The van der Waals surface area contributed by atoms with Crippen molar-refractivity contribution in [3.05, 3.63) is 205 Å². The maximum atomic E-state index is 12.2. The summed E-state index contributed by atoms with van der Waals surface area (Å²) in [7, 11) is 0. The van der Waals surface area contributed by atoms with Gasteiger partial charge in [0.2, 0.25) is 0 Å². The monoisotopic (exact) mass is 1140 g/mol. The largest absolute Gasteiger partial charge is 0.507 e. The summed E-state index contributed by atoms with van der Waals surface area (Å²) in [4.78, 5) is 10.5. The first-order valence-electron chi connectivity index (χ1n) is 26.1. The molecule has 74 heavy (non-hydrogen) atoms. The summed E-state index contributed by atoms with van der Waals surface area (Å²) < 4.78 is 18.8. The van der Waals surface area contributed by atoms with E-state index in [1.165, 1.54) is 0 Å². The maximum absolute atomic E-state index is 12.2. The van der Waals surface area contributed by atoms with E-state index in [-0.39, 0.29) is 32.2 Å². The molecule has 1 aliphatic carbocycles. The summed E-state index contributed by atoms with van der Waals surface area (Å²) in [6.45, 7) is 11.4. The van der Waals surface area contributed by atoms with Crippen molar-refractivity contribution >= 4 is 54.5 Å². The minimum Gasteiger partial charge on any atom is -0.507 e. The van der Waals surface area contributed by atoms with E-state index in [1.807, 2.05) is 36.5 Å². The molecule has 366 valence electrons. The number of imidazole rings is 1. The Hall–Kier alpha value is -7.59. The van der Waals surface area contributed by atoms with Crippen LogP contribution in [-0.4, -0.2) is 19.6 Å². The van der Waals surface area contributed by atoms with Gasteiger partial charge in [0.15, 0.2) is 5.82 Å². The minimum absolute atomic E-state index is 0. The van der Waals surface area contributed by atoms with Gasteiger partial charge in [-0.15, -0.1) is 29.3 Å².